The molecule has 0 heterocycles. The molecule has 0 aliphatic heterocycles. The van der Waals surface area contributed by atoms with Crippen LogP contribution in [0.15, 0.2) is 30.3 Å². The van der Waals surface area contributed by atoms with E-state index >= 15 is 0 Å². The lowest BCUT2D eigenvalue weighted by Gasteiger charge is -1.98. The van der Waals surface area contributed by atoms with Gasteiger partial charge in [-0.05, 0) is 37.4 Å². The van der Waals surface area contributed by atoms with Crippen LogP contribution in [0, 0.1) is 0 Å². The summed E-state index contributed by atoms with van der Waals surface area (Å²) in [7, 11) is 0. The van der Waals surface area contributed by atoms with Gasteiger partial charge in [0.15, 0.2) is 0 Å². The summed E-state index contributed by atoms with van der Waals surface area (Å²) >= 11 is 6.03. The summed E-state index contributed by atoms with van der Waals surface area (Å²) in [6, 6.07) is 8.72. The minimum Gasteiger partial charge on any atom is -0.314 e. The van der Waals surface area contributed by atoms with Crippen LogP contribution in [0.4, 0.5) is 0 Å². The van der Waals surface area contributed by atoms with Gasteiger partial charge < -0.3 is 5.32 Å². The molecule has 0 amide bonds. The van der Waals surface area contributed by atoms with E-state index in [1.807, 2.05) is 24.3 Å². The first-order chi connectivity index (χ1) is 7.36. The van der Waals surface area contributed by atoms with Gasteiger partial charge in [-0.1, -0.05) is 42.0 Å². The van der Waals surface area contributed by atoms with E-state index in [0.717, 1.165) is 29.6 Å². The predicted molar refractivity (Wildman–Crippen MR) is 66.1 cm³/mol. The fourth-order valence-corrected chi connectivity index (χ4v) is 1.68. The average Bonchev–Trinajstić information content (AvgIpc) is 3.04. The summed E-state index contributed by atoms with van der Waals surface area (Å²) in [5.74, 6) is 0. The molecule has 15 heavy (non-hydrogen) atoms. The van der Waals surface area contributed by atoms with Crippen LogP contribution in [-0.2, 0) is 0 Å². The minimum atomic E-state index is 0.804. The van der Waals surface area contributed by atoms with Gasteiger partial charge in [0.2, 0.25) is 0 Å². The normalized spacial score (nSPS) is 16.1. The summed E-state index contributed by atoms with van der Waals surface area (Å²) in [5, 5.41) is 4.30. The lowest BCUT2D eigenvalue weighted by molar-refractivity contribution is 0.691. The van der Waals surface area contributed by atoms with Crippen molar-refractivity contribution in [1.82, 2.24) is 5.32 Å². The molecule has 1 fully saturated rings. The van der Waals surface area contributed by atoms with E-state index in [-0.39, 0.29) is 0 Å². The molecule has 1 nitrogen and oxygen atoms in total. The Kier molecular flexibility index (Phi) is 3.81. The third kappa shape index (κ3) is 3.69. The van der Waals surface area contributed by atoms with Gasteiger partial charge in [-0.2, -0.15) is 0 Å². The van der Waals surface area contributed by atoms with Gasteiger partial charge in [-0.3, -0.25) is 0 Å². The van der Waals surface area contributed by atoms with Crippen molar-refractivity contribution < 1.29 is 0 Å². The van der Waals surface area contributed by atoms with Crippen molar-refractivity contribution in [2.24, 2.45) is 0 Å². The highest BCUT2D eigenvalue weighted by atomic mass is 35.5. The zero-order chi connectivity index (χ0) is 10.5. The van der Waals surface area contributed by atoms with Gasteiger partial charge in [-0.25, -0.2) is 0 Å². The first-order valence-electron chi connectivity index (χ1n) is 5.51. The van der Waals surface area contributed by atoms with Gasteiger partial charge in [0.25, 0.3) is 0 Å². The highest BCUT2D eigenvalue weighted by Crippen LogP contribution is 2.18. The third-order valence-corrected chi connectivity index (χ3v) is 2.87. The molecule has 0 radical (unpaired) electrons. The highest BCUT2D eigenvalue weighted by molar-refractivity contribution is 6.32. The fraction of sp³-hybridized carbons (Fsp3) is 0.385. The topological polar surface area (TPSA) is 12.0 Å². The monoisotopic (exact) mass is 221 g/mol. The Balaban J connectivity index is 1.74. The Bertz CT molecular complexity index is 342. The maximum Gasteiger partial charge on any atom is 0.0478 e. The summed E-state index contributed by atoms with van der Waals surface area (Å²) in [4.78, 5) is 0. The smallest absolute Gasteiger partial charge is 0.0478 e. The molecular weight excluding hydrogens is 206 g/mol. The Morgan fingerprint density at radius 1 is 1.33 bits per heavy atom. The van der Waals surface area contributed by atoms with Crippen molar-refractivity contribution in [2.75, 3.05) is 6.54 Å². The van der Waals surface area contributed by atoms with Crippen molar-refractivity contribution in [2.45, 2.75) is 25.3 Å². The largest absolute Gasteiger partial charge is 0.314 e. The van der Waals surface area contributed by atoms with Crippen molar-refractivity contribution in [3.63, 3.8) is 0 Å². The highest BCUT2D eigenvalue weighted by Gasteiger charge is 2.19. The predicted octanol–water partition coefficient (Wildman–Crippen LogP) is 3.50. The van der Waals surface area contributed by atoms with E-state index in [4.69, 9.17) is 11.6 Å². The first-order valence-corrected chi connectivity index (χ1v) is 5.88. The molecule has 0 saturated heterocycles. The van der Waals surface area contributed by atoms with Gasteiger partial charge >= 0.3 is 0 Å². The van der Waals surface area contributed by atoms with Crippen LogP contribution < -0.4 is 5.32 Å². The quantitative estimate of drug-likeness (QED) is 0.751. The molecule has 0 unspecified atom stereocenters. The summed E-state index contributed by atoms with van der Waals surface area (Å²) in [5.41, 5.74) is 1.10. The van der Waals surface area contributed by atoms with Crippen LogP contribution in [0.25, 0.3) is 6.08 Å². The molecule has 1 aliphatic carbocycles. The van der Waals surface area contributed by atoms with Crippen LogP contribution in [0.2, 0.25) is 5.02 Å². The third-order valence-electron chi connectivity index (χ3n) is 2.52. The molecule has 80 valence electrons. The lowest BCUT2D eigenvalue weighted by atomic mass is 10.2. The molecule has 1 N–H and O–H groups in total. The molecule has 0 bridgehead atoms. The molecule has 2 rings (SSSR count). The average molecular weight is 222 g/mol. The van der Waals surface area contributed by atoms with Crippen molar-refractivity contribution in [3.8, 4) is 0 Å². The molecule has 2 heteroatoms. The standard InChI is InChI=1S/C13H16ClN/c14-13-7-2-1-5-11(13)6-3-4-10-15-12-8-9-12/h1-3,5-7,12,15H,4,8-10H2. The Labute approximate surface area is 96.1 Å². The molecule has 1 aromatic rings. The first kappa shape index (κ1) is 10.7. The lowest BCUT2D eigenvalue weighted by Crippen LogP contribution is -2.16. The van der Waals surface area contributed by atoms with E-state index in [1.54, 1.807) is 0 Å². The maximum absolute atomic E-state index is 6.03. The Morgan fingerprint density at radius 3 is 2.87 bits per heavy atom. The number of nitrogens with one attached hydrogen (secondary N) is 1. The van der Waals surface area contributed by atoms with E-state index in [9.17, 15) is 0 Å². The van der Waals surface area contributed by atoms with Crippen molar-refractivity contribution >= 4 is 17.7 Å². The fourth-order valence-electron chi connectivity index (χ4n) is 1.48. The van der Waals surface area contributed by atoms with Gasteiger partial charge in [0, 0.05) is 11.1 Å². The Morgan fingerprint density at radius 2 is 2.13 bits per heavy atom. The number of halogens is 1. The van der Waals surface area contributed by atoms with E-state index < -0.39 is 0 Å². The van der Waals surface area contributed by atoms with Crippen LogP contribution in [0.3, 0.4) is 0 Å². The van der Waals surface area contributed by atoms with Crippen molar-refractivity contribution in [1.29, 1.82) is 0 Å². The second-order valence-corrected chi connectivity index (χ2v) is 4.35. The molecule has 0 aromatic heterocycles. The maximum atomic E-state index is 6.03. The second kappa shape index (κ2) is 5.34. The van der Waals surface area contributed by atoms with E-state index in [2.05, 4.69) is 17.5 Å². The molecule has 0 atom stereocenters. The van der Waals surface area contributed by atoms with E-state index in [1.165, 1.54) is 12.8 Å². The zero-order valence-electron chi connectivity index (χ0n) is 8.75. The Hall–Kier alpha value is -0.790. The summed E-state index contributed by atoms with van der Waals surface area (Å²) < 4.78 is 0. The molecular formula is C13H16ClN. The van der Waals surface area contributed by atoms with Crippen LogP contribution >= 0.6 is 11.6 Å². The molecule has 1 aromatic carbocycles. The van der Waals surface area contributed by atoms with Crippen LogP contribution in [0.5, 0.6) is 0 Å². The molecule has 1 saturated carbocycles. The second-order valence-electron chi connectivity index (χ2n) is 3.94. The van der Waals surface area contributed by atoms with Crippen LogP contribution in [-0.4, -0.2) is 12.6 Å². The molecule has 1 aliphatic rings. The number of hydrogen-bond donors (Lipinski definition) is 1. The zero-order valence-corrected chi connectivity index (χ0v) is 9.50. The van der Waals surface area contributed by atoms with Gasteiger partial charge in [0.05, 0.1) is 0 Å². The number of hydrogen-bond acceptors (Lipinski definition) is 1. The van der Waals surface area contributed by atoms with Crippen LogP contribution in [0.1, 0.15) is 24.8 Å². The summed E-state index contributed by atoms with van der Waals surface area (Å²) in [6.45, 7) is 1.08. The van der Waals surface area contributed by atoms with Gasteiger partial charge in [0.1, 0.15) is 0 Å². The summed E-state index contributed by atoms with van der Waals surface area (Å²) in [6.07, 6.45) is 8.05. The number of rotatable bonds is 5. The minimum absolute atomic E-state index is 0.804. The number of benzene rings is 1. The van der Waals surface area contributed by atoms with E-state index in [0.29, 0.717) is 0 Å². The van der Waals surface area contributed by atoms with Gasteiger partial charge in [-0.15, -0.1) is 0 Å². The SMILES string of the molecule is Clc1ccccc1C=CCCNC1CC1. The van der Waals surface area contributed by atoms with Crippen molar-refractivity contribution in [3.05, 3.63) is 40.9 Å². The molecule has 0 spiro atoms.